The van der Waals surface area contributed by atoms with Crippen LogP contribution in [0.15, 0.2) is 52.2 Å². The van der Waals surface area contributed by atoms with Gasteiger partial charge in [0.1, 0.15) is 23.9 Å². The first-order valence-electron chi connectivity index (χ1n) is 7.86. The van der Waals surface area contributed by atoms with Crippen LogP contribution in [0.1, 0.15) is 12.7 Å². The van der Waals surface area contributed by atoms with Crippen LogP contribution in [0.25, 0.3) is 10.9 Å². The Kier molecular flexibility index (Phi) is 4.90. The highest BCUT2D eigenvalue weighted by atomic mass is 32.2. The molecule has 2 N–H and O–H groups in total. The van der Waals surface area contributed by atoms with E-state index < -0.39 is 15.9 Å². The van der Waals surface area contributed by atoms with Gasteiger partial charge in [0.2, 0.25) is 5.91 Å². The van der Waals surface area contributed by atoms with E-state index in [2.05, 4.69) is 20.6 Å². The summed E-state index contributed by atoms with van der Waals surface area (Å²) in [4.78, 5) is 20.7. The predicted molar refractivity (Wildman–Crippen MR) is 96.3 cm³/mol. The maximum atomic E-state index is 12.3. The molecule has 0 saturated carbocycles. The van der Waals surface area contributed by atoms with Gasteiger partial charge in [-0.3, -0.25) is 4.79 Å². The van der Waals surface area contributed by atoms with Gasteiger partial charge in [-0.25, -0.2) is 18.4 Å². The number of aromatic nitrogens is 2. The highest BCUT2D eigenvalue weighted by molar-refractivity contribution is 7.90. The fraction of sp³-hybridized carbons (Fsp3) is 0.235. The molecule has 1 unspecified atom stereocenters. The first kappa shape index (κ1) is 17.9. The molecule has 136 valence electrons. The van der Waals surface area contributed by atoms with Crippen molar-refractivity contribution in [2.75, 3.05) is 11.6 Å². The molecule has 2 aromatic heterocycles. The summed E-state index contributed by atoms with van der Waals surface area (Å²) in [6.07, 6.45) is 4.03. The zero-order chi connectivity index (χ0) is 18.7. The van der Waals surface area contributed by atoms with Crippen LogP contribution in [0.3, 0.4) is 0 Å². The lowest BCUT2D eigenvalue weighted by Crippen LogP contribution is -2.37. The Balaban J connectivity index is 1.79. The molecular weight excluding hydrogens is 356 g/mol. The van der Waals surface area contributed by atoms with Crippen molar-refractivity contribution in [2.45, 2.75) is 24.4 Å². The Hall–Kier alpha value is -2.94. The summed E-state index contributed by atoms with van der Waals surface area (Å²) in [5.41, 5.74) is 0.582. The minimum atomic E-state index is -3.36. The molecule has 0 radical (unpaired) electrons. The van der Waals surface area contributed by atoms with E-state index in [-0.39, 0.29) is 17.3 Å². The maximum Gasteiger partial charge on any atom is 0.242 e. The van der Waals surface area contributed by atoms with Crippen molar-refractivity contribution >= 4 is 32.5 Å². The van der Waals surface area contributed by atoms with Crippen LogP contribution >= 0.6 is 0 Å². The number of carbonyl (C=O) groups excluding carboxylic acids is 1. The fourth-order valence-corrected chi connectivity index (χ4v) is 3.04. The normalized spacial score (nSPS) is 12.7. The van der Waals surface area contributed by atoms with Crippen LogP contribution in [0.5, 0.6) is 0 Å². The molecular formula is C17H18N4O4S. The van der Waals surface area contributed by atoms with Crippen LogP contribution in [0, 0.1) is 0 Å². The highest BCUT2D eigenvalue weighted by Crippen LogP contribution is 2.23. The number of carbonyl (C=O) groups is 1. The van der Waals surface area contributed by atoms with Gasteiger partial charge in [-0.1, -0.05) is 0 Å². The maximum absolute atomic E-state index is 12.3. The van der Waals surface area contributed by atoms with Crippen LogP contribution in [-0.4, -0.2) is 36.6 Å². The molecule has 1 aromatic carbocycles. The molecule has 3 aromatic rings. The molecule has 0 spiro atoms. The lowest BCUT2D eigenvalue weighted by molar-refractivity contribution is -0.121. The average molecular weight is 374 g/mol. The van der Waals surface area contributed by atoms with E-state index in [0.29, 0.717) is 22.5 Å². The SMILES string of the molecule is CC(Nc1ncnc2ccc(S(C)(=O)=O)cc12)C(=O)NCc1ccco1. The van der Waals surface area contributed by atoms with E-state index in [1.165, 1.54) is 24.7 Å². The molecule has 1 atom stereocenters. The van der Waals surface area contributed by atoms with Crippen molar-refractivity contribution in [3.8, 4) is 0 Å². The summed E-state index contributed by atoms with van der Waals surface area (Å²) in [5, 5.41) is 6.29. The molecule has 2 heterocycles. The Bertz CT molecular complexity index is 1030. The molecule has 0 aliphatic carbocycles. The standard InChI is InChI=1S/C17H18N4O4S/c1-11(17(22)18-9-12-4-3-7-25-12)21-16-14-8-13(26(2,23)24)5-6-15(14)19-10-20-16/h3-8,10-11H,9H2,1-2H3,(H,18,22)(H,19,20,21). The van der Waals surface area contributed by atoms with Crippen LogP contribution in [0.4, 0.5) is 5.82 Å². The smallest absolute Gasteiger partial charge is 0.242 e. The molecule has 0 fully saturated rings. The van der Waals surface area contributed by atoms with Crippen LogP contribution < -0.4 is 10.6 Å². The monoisotopic (exact) mass is 374 g/mol. The van der Waals surface area contributed by atoms with Gasteiger partial charge < -0.3 is 15.1 Å². The molecule has 0 aliphatic heterocycles. The number of furan rings is 1. The number of fused-ring (bicyclic) bond motifs is 1. The van der Waals surface area contributed by atoms with E-state index in [1.807, 2.05) is 0 Å². The van der Waals surface area contributed by atoms with Gasteiger partial charge in [0.25, 0.3) is 0 Å². The number of hydrogen-bond donors (Lipinski definition) is 2. The second kappa shape index (κ2) is 7.12. The zero-order valence-electron chi connectivity index (χ0n) is 14.3. The van der Waals surface area contributed by atoms with Gasteiger partial charge in [-0.05, 0) is 37.3 Å². The molecule has 0 bridgehead atoms. The molecule has 26 heavy (non-hydrogen) atoms. The van der Waals surface area contributed by atoms with Gasteiger partial charge in [-0.15, -0.1) is 0 Å². The minimum absolute atomic E-state index is 0.165. The van der Waals surface area contributed by atoms with Crippen LogP contribution in [0.2, 0.25) is 0 Å². The lowest BCUT2D eigenvalue weighted by atomic mass is 10.2. The van der Waals surface area contributed by atoms with Crippen molar-refractivity contribution in [1.29, 1.82) is 0 Å². The Morgan fingerprint density at radius 3 is 2.77 bits per heavy atom. The minimum Gasteiger partial charge on any atom is -0.467 e. The third-order valence-electron chi connectivity index (χ3n) is 3.80. The summed E-state index contributed by atoms with van der Waals surface area (Å²) < 4.78 is 28.7. The average Bonchev–Trinajstić information content (AvgIpc) is 3.12. The van der Waals surface area contributed by atoms with Crippen molar-refractivity contribution in [3.05, 3.63) is 48.7 Å². The molecule has 8 nitrogen and oxygen atoms in total. The molecule has 0 aliphatic rings. The van der Waals surface area contributed by atoms with Crippen molar-refractivity contribution in [1.82, 2.24) is 15.3 Å². The second-order valence-electron chi connectivity index (χ2n) is 5.84. The van der Waals surface area contributed by atoms with Gasteiger partial charge in [0.15, 0.2) is 9.84 Å². The number of nitrogens with zero attached hydrogens (tertiary/aromatic N) is 2. The van der Waals surface area contributed by atoms with Crippen molar-refractivity contribution in [3.63, 3.8) is 0 Å². The zero-order valence-corrected chi connectivity index (χ0v) is 15.1. The van der Waals surface area contributed by atoms with Gasteiger partial charge >= 0.3 is 0 Å². The lowest BCUT2D eigenvalue weighted by Gasteiger charge is -2.15. The van der Waals surface area contributed by atoms with E-state index in [4.69, 9.17) is 4.42 Å². The van der Waals surface area contributed by atoms with E-state index >= 15 is 0 Å². The molecule has 1 amide bonds. The number of benzene rings is 1. The first-order chi connectivity index (χ1) is 12.3. The molecule has 3 rings (SSSR count). The fourth-order valence-electron chi connectivity index (χ4n) is 2.39. The summed E-state index contributed by atoms with van der Waals surface area (Å²) in [6, 6.07) is 7.53. The van der Waals surface area contributed by atoms with E-state index in [0.717, 1.165) is 6.26 Å². The largest absolute Gasteiger partial charge is 0.467 e. The Morgan fingerprint density at radius 2 is 2.08 bits per heavy atom. The van der Waals surface area contributed by atoms with Gasteiger partial charge in [0.05, 0.1) is 23.2 Å². The summed E-state index contributed by atoms with van der Waals surface area (Å²) in [7, 11) is -3.36. The second-order valence-corrected chi connectivity index (χ2v) is 7.85. The predicted octanol–water partition coefficient (Wildman–Crippen LogP) is 1.74. The van der Waals surface area contributed by atoms with Gasteiger partial charge in [-0.2, -0.15) is 0 Å². The molecule has 9 heteroatoms. The number of nitrogens with one attached hydrogen (secondary N) is 2. The first-order valence-corrected chi connectivity index (χ1v) is 9.75. The number of hydrogen-bond acceptors (Lipinski definition) is 7. The number of sulfone groups is 1. The van der Waals surface area contributed by atoms with Crippen molar-refractivity contribution < 1.29 is 17.6 Å². The third kappa shape index (κ3) is 3.99. The number of rotatable bonds is 6. The van der Waals surface area contributed by atoms with E-state index in [9.17, 15) is 13.2 Å². The van der Waals surface area contributed by atoms with Gasteiger partial charge in [0, 0.05) is 11.6 Å². The third-order valence-corrected chi connectivity index (χ3v) is 4.91. The number of anilines is 1. The summed E-state index contributed by atoms with van der Waals surface area (Å²) in [6.45, 7) is 1.96. The van der Waals surface area contributed by atoms with Crippen LogP contribution in [-0.2, 0) is 21.2 Å². The summed E-state index contributed by atoms with van der Waals surface area (Å²) >= 11 is 0. The quantitative estimate of drug-likeness (QED) is 0.675. The topological polar surface area (TPSA) is 114 Å². The Labute approximate surface area is 150 Å². The highest BCUT2D eigenvalue weighted by Gasteiger charge is 2.16. The van der Waals surface area contributed by atoms with E-state index in [1.54, 1.807) is 25.1 Å². The molecule has 0 saturated heterocycles. The Morgan fingerprint density at radius 1 is 1.27 bits per heavy atom. The number of amides is 1. The van der Waals surface area contributed by atoms with Crippen molar-refractivity contribution in [2.24, 2.45) is 0 Å². The summed E-state index contributed by atoms with van der Waals surface area (Å²) in [5.74, 6) is 0.796.